The van der Waals surface area contributed by atoms with Crippen molar-refractivity contribution in [2.45, 2.75) is 187 Å². The molecular formula is C33H66O3S. The zero-order valence-corrected chi connectivity index (χ0v) is 26.2. The van der Waals surface area contributed by atoms with Gasteiger partial charge in [0.2, 0.25) is 0 Å². The molecule has 0 saturated carbocycles. The van der Waals surface area contributed by atoms with Gasteiger partial charge >= 0.3 is 0 Å². The van der Waals surface area contributed by atoms with Crippen LogP contribution in [-0.4, -0.2) is 42.0 Å². The molecule has 0 aromatic heterocycles. The van der Waals surface area contributed by atoms with E-state index in [1.54, 1.807) is 0 Å². The molecule has 0 amide bonds. The molecule has 0 aromatic rings. The maximum Gasteiger partial charge on any atom is 0.116 e. The van der Waals surface area contributed by atoms with Crippen LogP contribution in [0.15, 0.2) is 0 Å². The zero-order valence-electron chi connectivity index (χ0n) is 25.4. The number of aliphatic hydroxyl groups excluding tert-OH is 1. The maximum absolute atomic E-state index is 10.5. The van der Waals surface area contributed by atoms with Crippen molar-refractivity contribution in [1.29, 1.82) is 0 Å². The fraction of sp³-hybridized carbons (Fsp3) is 0.970. The first-order valence-corrected chi connectivity index (χ1v) is 16.9. The van der Waals surface area contributed by atoms with Gasteiger partial charge in [0.15, 0.2) is 0 Å². The minimum atomic E-state index is -0.660. The highest BCUT2D eigenvalue weighted by Crippen LogP contribution is 2.14. The number of aliphatic hydroxyl groups is 1. The second-order valence-corrected chi connectivity index (χ2v) is 12.0. The van der Waals surface area contributed by atoms with Crippen molar-refractivity contribution in [2.75, 3.05) is 19.8 Å². The Kier molecular flexibility index (Phi) is 30.5. The van der Waals surface area contributed by atoms with E-state index < -0.39 is 6.10 Å². The van der Waals surface area contributed by atoms with Crippen molar-refractivity contribution in [1.82, 2.24) is 0 Å². The van der Waals surface area contributed by atoms with E-state index in [0.29, 0.717) is 13.2 Å². The predicted octanol–water partition coefficient (Wildman–Crippen LogP) is 10.5. The van der Waals surface area contributed by atoms with Gasteiger partial charge in [-0.2, -0.15) is 0 Å². The molecule has 4 heteroatoms. The summed E-state index contributed by atoms with van der Waals surface area (Å²) in [6.07, 6.45) is 31.1. The van der Waals surface area contributed by atoms with Gasteiger partial charge in [-0.15, -0.1) is 0 Å². The molecule has 2 unspecified atom stereocenters. The minimum absolute atomic E-state index is 0.315. The van der Waals surface area contributed by atoms with Crippen LogP contribution in [-0.2, 0) is 9.47 Å². The zero-order chi connectivity index (χ0) is 27.2. The monoisotopic (exact) mass is 542 g/mol. The average molecular weight is 543 g/mol. The molecule has 0 saturated heterocycles. The molecule has 2 atom stereocenters. The summed E-state index contributed by atoms with van der Waals surface area (Å²) in [7, 11) is 0. The Morgan fingerprint density at radius 2 is 0.865 bits per heavy atom. The van der Waals surface area contributed by atoms with Crippen LogP contribution >= 0.6 is 12.2 Å². The number of hydrogen-bond acceptors (Lipinski definition) is 4. The SMILES string of the molecule is CCCCCCCCCCCCCCOCC(O)C(OCCCCCCCCCCCCCC)C(C)=S. The summed E-state index contributed by atoms with van der Waals surface area (Å²) in [6.45, 7) is 8.13. The Balaban J connectivity index is 3.54. The molecule has 0 aliphatic heterocycles. The van der Waals surface area contributed by atoms with Crippen LogP contribution in [0.3, 0.4) is 0 Å². The Morgan fingerprint density at radius 1 is 0.541 bits per heavy atom. The molecule has 0 rings (SSSR count). The first kappa shape index (κ1) is 37.0. The van der Waals surface area contributed by atoms with E-state index in [-0.39, 0.29) is 6.10 Å². The molecule has 1 N–H and O–H groups in total. The van der Waals surface area contributed by atoms with Crippen LogP contribution in [0.2, 0.25) is 0 Å². The highest BCUT2D eigenvalue weighted by atomic mass is 32.1. The summed E-state index contributed by atoms with van der Waals surface area (Å²) >= 11 is 5.35. The molecule has 3 nitrogen and oxygen atoms in total. The highest BCUT2D eigenvalue weighted by Gasteiger charge is 2.22. The van der Waals surface area contributed by atoms with Gasteiger partial charge in [0, 0.05) is 18.1 Å². The Labute approximate surface area is 238 Å². The summed E-state index contributed by atoms with van der Waals surface area (Å²) in [4.78, 5) is 0.723. The fourth-order valence-electron chi connectivity index (χ4n) is 4.99. The largest absolute Gasteiger partial charge is 0.388 e. The van der Waals surface area contributed by atoms with Crippen LogP contribution in [0.4, 0.5) is 0 Å². The summed E-state index contributed by atoms with van der Waals surface area (Å²) in [6, 6.07) is 0. The molecule has 0 fully saturated rings. The number of hydrogen-bond donors (Lipinski definition) is 1. The predicted molar refractivity (Wildman–Crippen MR) is 167 cm³/mol. The molecular weight excluding hydrogens is 476 g/mol. The van der Waals surface area contributed by atoms with Crippen LogP contribution in [0.1, 0.15) is 175 Å². The van der Waals surface area contributed by atoms with Crippen molar-refractivity contribution in [2.24, 2.45) is 0 Å². The molecule has 37 heavy (non-hydrogen) atoms. The first-order valence-electron chi connectivity index (χ1n) is 16.5. The van der Waals surface area contributed by atoms with E-state index in [0.717, 1.165) is 24.3 Å². The van der Waals surface area contributed by atoms with E-state index in [4.69, 9.17) is 21.7 Å². The van der Waals surface area contributed by atoms with Crippen molar-refractivity contribution in [3.05, 3.63) is 0 Å². The molecule has 0 spiro atoms. The van der Waals surface area contributed by atoms with Crippen molar-refractivity contribution in [3.8, 4) is 0 Å². The molecule has 0 aromatic carbocycles. The molecule has 0 aliphatic carbocycles. The average Bonchev–Trinajstić information content (AvgIpc) is 2.88. The van der Waals surface area contributed by atoms with Crippen LogP contribution in [0.5, 0.6) is 0 Å². The third-order valence-electron chi connectivity index (χ3n) is 7.48. The van der Waals surface area contributed by atoms with Gasteiger partial charge in [0.1, 0.15) is 12.2 Å². The number of thiocarbonyl (C=S) groups is 1. The quantitative estimate of drug-likeness (QED) is 0.0698. The molecule has 222 valence electrons. The molecule has 0 aliphatic rings. The van der Waals surface area contributed by atoms with E-state index in [9.17, 15) is 5.11 Å². The van der Waals surface area contributed by atoms with Crippen molar-refractivity contribution in [3.63, 3.8) is 0 Å². The third-order valence-corrected chi connectivity index (χ3v) is 7.71. The summed E-state index contributed by atoms with van der Waals surface area (Å²) in [5.41, 5.74) is 0. The van der Waals surface area contributed by atoms with E-state index in [2.05, 4.69) is 13.8 Å². The third kappa shape index (κ3) is 27.3. The van der Waals surface area contributed by atoms with Crippen LogP contribution in [0.25, 0.3) is 0 Å². The van der Waals surface area contributed by atoms with Gasteiger partial charge in [-0.25, -0.2) is 0 Å². The van der Waals surface area contributed by atoms with Crippen LogP contribution < -0.4 is 0 Å². The van der Waals surface area contributed by atoms with Gasteiger partial charge in [0.05, 0.1) is 6.61 Å². The van der Waals surface area contributed by atoms with Gasteiger partial charge < -0.3 is 14.6 Å². The van der Waals surface area contributed by atoms with E-state index in [1.807, 2.05) is 6.92 Å². The summed E-state index contributed by atoms with van der Waals surface area (Å²) < 4.78 is 11.7. The second kappa shape index (κ2) is 30.5. The Morgan fingerprint density at radius 3 is 1.22 bits per heavy atom. The lowest BCUT2D eigenvalue weighted by Crippen LogP contribution is -2.38. The Bertz CT molecular complexity index is 457. The van der Waals surface area contributed by atoms with Gasteiger partial charge in [-0.3, -0.25) is 0 Å². The summed E-state index contributed by atoms with van der Waals surface area (Å²) in [5.74, 6) is 0. The molecule has 0 radical (unpaired) electrons. The van der Waals surface area contributed by atoms with Crippen LogP contribution in [0, 0.1) is 0 Å². The van der Waals surface area contributed by atoms with Gasteiger partial charge in [-0.05, 0) is 19.8 Å². The highest BCUT2D eigenvalue weighted by molar-refractivity contribution is 7.80. The molecule has 0 heterocycles. The summed E-state index contributed by atoms with van der Waals surface area (Å²) in [5, 5.41) is 10.5. The number of unbranched alkanes of at least 4 members (excludes halogenated alkanes) is 22. The van der Waals surface area contributed by atoms with Gasteiger partial charge in [-0.1, -0.05) is 167 Å². The number of rotatable bonds is 31. The lowest BCUT2D eigenvalue weighted by atomic mass is 10.1. The van der Waals surface area contributed by atoms with Crippen molar-refractivity contribution < 1.29 is 14.6 Å². The molecule has 0 bridgehead atoms. The lowest BCUT2D eigenvalue weighted by molar-refractivity contribution is -0.0437. The smallest absolute Gasteiger partial charge is 0.116 e. The first-order chi connectivity index (χ1) is 18.1. The van der Waals surface area contributed by atoms with E-state index >= 15 is 0 Å². The van der Waals surface area contributed by atoms with Crippen molar-refractivity contribution >= 4 is 17.1 Å². The second-order valence-electron chi connectivity index (χ2n) is 11.3. The normalized spacial score (nSPS) is 13.2. The van der Waals surface area contributed by atoms with E-state index in [1.165, 1.54) is 141 Å². The minimum Gasteiger partial charge on any atom is -0.388 e. The standard InChI is InChI=1S/C33H66O3S/c1-4-6-8-10-12-14-16-18-20-22-24-26-28-35-30-32(34)33(31(3)37)36-29-27-25-23-21-19-17-15-13-11-9-7-5-2/h32-34H,4-30H2,1-3H3. The topological polar surface area (TPSA) is 38.7 Å². The van der Waals surface area contributed by atoms with Gasteiger partial charge in [0.25, 0.3) is 0 Å². The maximum atomic E-state index is 10.5. The number of ether oxygens (including phenoxy) is 2. The fourth-order valence-corrected chi connectivity index (χ4v) is 5.21. The Hall–Kier alpha value is -0.0300. The lowest BCUT2D eigenvalue weighted by Gasteiger charge is -2.22.